The van der Waals surface area contributed by atoms with Crippen molar-refractivity contribution in [2.24, 2.45) is 5.92 Å². The minimum Gasteiger partial charge on any atom is -0.492 e. The molecule has 0 radical (unpaired) electrons. The number of hydrogen-bond acceptors (Lipinski definition) is 5. The number of amides is 2. The van der Waals surface area contributed by atoms with Crippen LogP contribution >= 0.6 is 0 Å². The Hall–Kier alpha value is -2.91. The van der Waals surface area contributed by atoms with Crippen LogP contribution in [0.5, 0.6) is 5.75 Å². The molecule has 2 aromatic carbocycles. The normalized spacial score (nSPS) is 20.2. The predicted octanol–water partition coefficient (Wildman–Crippen LogP) is 3.38. The first kappa shape index (κ1) is 24.2. The van der Waals surface area contributed by atoms with Crippen LogP contribution < -0.4 is 15.0 Å². The van der Waals surface area contributed by atoms with E-state index in [4.69, 9.17) is 4.74 Å². The number of nitrogens with one attached hydrogen (secondary N) is 1. The molecule has 2 heterocycles. The summed E-state index contributed by atoms with van der Waals surface area (Å²) in [4.78, 5) is 27.3. The number of likely N-dealkylation sites (N-methyl/N-ethyl adjacent to an activating group) is 1. The number of rotatable bonds is 6. The average Bonchev–Trinajstić information content (AvgIpc) is 3.00. The minimum atomic E-state index is -3.83. The summed E-state index contributed by atoms with van der Waals surface area (Å²) < 4.78 is 34.0. The van der Waals surface area contributed by atoms with Crippen LogP contribution in [0.1, 0.15) is 39.2 Å². The molecule has 34 heavy (non-hydrogen) atoms. The van der Waals surface area contributed by atoms with Crippen molar-refractivity contribution in [3.05, 3.63) is 48.0 Å². The summed E-state index contributed by atoms with van der Waals surface area (Å²) in [6.45, 7) is 6.40. The quantitative estimate of drug-likeness (QED) is 0.677. The number of nitrogens with zero attached hydrogens (tertiary/aromatic N) is 2. The third-order valence-corrected chi connectivity index (χ3v) is 8.54. The molecule has 0 spiro atoms. The van der Waals surface area contributed by atoms with E-state index < -0.39 is 21.4 Å². The fraction of sp³-hybridized carbons (Fsp3) is 0.440. The van der Waals surface area contributed by atoms with Gasteiger partial charge < -0.3 is 15.0 Å². The molecule has 4 rings (SSSR count). The van der Waals surface area contributed by atoms with Gasteiger partial charge in [0.25, 0.3) is 0 Å². The molecule has 1 N–H and O–H groups in total. The van der Waals surface area contributed by atoms with E-state index >= 15 is 0 Å². The van der Waals surface area contributed by atoms with Gasteiger partial charge in [-0.2, -0.15) is 4.31 Å². The Bertz CT molecular complexity index is 1220. The number of sulfonamides is 1. The highest BCUT2D eigenvalue weighted by Crippen LogP contribution is 2.42. The molecule has 0 saturated carbocycles. The summed E-state index contributed by atoms with van der Waals surface area (Å²) in [6.07, 6.45) is 1.19. The van der Waals surface area contributed by atoms with E-state index in [0.717, 1.165) is 5.69 Å². The summed E-state index contributed by atoms with van der Waals surface area (Å²) >= 11 is 0. The van der Waals surface area contributed by atoms with Gasteiger partial charge >= 0.3 is 0 Å². The lowest BCUT2D eigenvalue weighted by Crippen LogP contribution is -2.43. The van der Waals surface area contributed by atoms with E-state index in [-0.39, 0.29) is 23.3 Å². The van der Waals surface area contributed by atoms with E-state index in [0.29, 0.717) is 43.0 Å². The molecule has 0 unspecified atom stereocenters. The zero-order chi connectivity index (χ0) is 24.7. The average molecular weight is 486 g/mol. The van der Waals surface area contributed by atoms with Crippen LogP contribution in [-0.4, -0.2) is 51.3 Å². The number of carbonyl (C=O) groups excluding carboxylic acids is 2. The number of hydrogen-bond donors (Lipinski definition) is 1. The van der Waals surface area contributed by atoms with Crippen LogP contribution in [0.3, 0.4) is 0 Å². The Balaban J connectivity index is 1.54. The van der Waals surface area contributed by atoms with E-state index in [1.807, 2.05) is 19.1 Å². The monoisotopic (exact) mass is 485 g/mol. The number of piperidine rings is 1. The van der Waals surface area contributed by atoms with Crippen molar-refractivity contribution in [2.75, 3.05) is 37.0 Å². The molecular formula is C25H31N3O5S. The molecule has 8 nitrogen and oxygen atoms in total. The molecule has 0 aliphatic carbocycles. The fourth-order valence-electron chi connectivity index (χ4n) is 4.72. The highest BCUT2D eigenvalue weighted by Gasteiger charge is 2.43. The first-order valence-corrected chi connectivity index (χ1v) is 13.0. The van der Waals surface area contributed by atoms with Gasteiger partial charge in [-0.25, -0.2) is 8.42 Å². The molecule has 2 amide bonds. The molecule has 1 atom stereocenters. The second-order valence-corrected chi connectivity index (χ2v) is 11.2. The lowest BCUT2D eigenvalue weighted by molar-refractivity contribution is -0.122. The van der Waals surface area contributed by atoms with Crippen molar-refractivity contribution >= 4 is 33.2 Å². The summed E-state index contributed by atoms with van der Waals surface area (Å²) in [5.41, 5.74) is 1.19. The molecule has 1 fully saturated rings. The van der Waals surface area contributed by atoms with Gasteiger partial charge in [0.2, 0.25) is 21.8 Å². The third-order valence-electron chi connectivity index (χ3n) is 6.68. The first-order valence-electron chi connectivity index (χ1n) is 11.5. The van der Waals surface area contributed by atoms with Gasteiger partial charge in [-0.05, 0) is 69.5 Å². The molecule has 182 valence electrons. The summed E-state index contributed by atoms with van der Waals surface area (Å²) in [5.74, 6) is -0.191. The number of fused-ring (bicyclic) bond motifs is 1. The molecular weight excluding hydrogens is 454 g/mol. The lowest BCUT2D eigenvalue weighted by Gasteiger charge is -2.31. The summed E-state index contributed by atoms with van der Waals surface area (Å²) in [5, 5.41) is 2.90. The maximum atomic E-state index is 13.5. The molecule has 9 heteroatoms. The van der Waals surface area contributed by atoms with Crippen molar-refractivity contribution in [3.63, 3.8) is 0 Å². The summed E-state index contributed by atoms with van der Waals surface area (Å²) in [7, 11) is -2.13. The number of carbonyl (C=O) groups is 2. The smallest absolute Gasteiger partial charge is 0.243 e. The van der Waals surface area contributed by atoms with E-state index in [2.05, 4.69) is 5.32 Å². The van der Waals surface area contributed by atoms with Crippen LogP contribution in [-0.2, 0) is 25.0 Å². The number of benzene rings is 2. The van der Waals surface area contributed by atoms with Gasteiger partial charge in [-0.1, -0.05) is 12.1 Å². The molecule has 0 bridgehead atoms. The number of anilines is 2. The zero-order valence-electron chi connectivity index (χ0n) is 20.0. The molecule has 0 aromatic heterocycles. The Morgan fingerprint density at radius 3 is 2.68 bits per heavy atom. The maximum absolute atomic E-state index is 13.5. The summed E-state index contributed by atoms with van der Waals surface area (Å²) in [6, 6.07) is 12.0. The van der Waals surface area contributed by atoms with Gasteiger partial charge in [0.1, 0.15) is 5.75 Å². The van der Waals surface area contributed by atoms with E-state index in [9.17, 15) is 18.0 Å². The van der Waals surface area contributed by atoms with Crippen LogP contribution in [0.25, 0.3) is 0 Å². The van der Waals surface area contributed by atoms with Crippen LogP contribution in [0.2, 0.25) is 0 Å². The van der Waals surface area contributed by atoms with Crippen LogP contribution in [0.15, 0.2) is 47.4 Å². The Labute approximate surface area is 200 Å². The maximum Gasteiger partial charge on any atom is 0.243 e. The third kappa shape index (κ3) is 4.18. The highest BCUT2D eigenvalue weighted by molar-refractivity contribution is 7.89. The second kappa shape index (κ2) is 9.03. The van der Waals surface area contributed by atoms with Crippen molar-refractivity contribution in [1.29, 1.82) is 0 Å². The van der Waals surface area contributed by atoms with Gasteiger partial charge in [0.05, 0.1) is 28.5 Å². The van der Waals surface area contributed by atoms with E-state index in [1.165, 1.54) is 4.31 Å². The Morgan fingerprint density at radius 1 is 1.21 bits per heavy atom. The topological polar surface area (TPSA) is 96.0 Å². The SMILES string of the molecule is CCOc1ccccc1NC(=O)[C@@H]1CCCN(S(=O)(=O)c2ccc3c(c2)C(C)(C)C(=O)N3C)C1. The molecule has 2 aromatic rings. The fourth-order valence-corrected chi connectivity index (χ4v) is 6.27. The van der Waals surface area contributed by atoms with Gasteiger partial charge in [-0.15, -0.1) is 0 Å². The van der Waals surface area contributed by atoms with Crippen molar-refractivity contribution in [2.45, 2.75) is 43.9 Å². The first-order chi connectivity index (χ1) is 16.1. The highest BCUT2D eigenvalue weighted by atomic mass is 32.2. The molecule has 2 aliphatic rings. The largest absolute Gasteiger partial charge is 0.492 e. The van der Waals surface area contributed by atoms with Gasteiger partial charge in [0.15, 0.2) is 0 Å². The zero-order valence-corrected chi connectivity index (χ0v) is 20.8. The van der Waals surface area contributed by atoms with Crippen LogP contribution in [0, 0.1) is 5.92 Å². The molecule has 2 aliphatic heterocycles. The standard InChI is InChI=1S/C25H31N3O5S/c1-5-33-22-11-7-6-10-20(22)26-23(29)17-9-8-14-28(16-17)34(31,32)18-12-13-21-19(15-18)25(2,3)24(30)27(21)4/h6-7,10-13,15,17H,5,8-9,14,16H2,1-4H3,(H,26,29)/t17-/m1/s1. The van der Waals surface area contributed by atoms with Crippen molar-refractivity contribution in [3.8, 4) is 5.75 Å². The molecule has 1 saturated heterocycles. The van der Waals surface area contributed by atoms with Crippen LogP contribution in [0.4, 0.5) is 11.4 Å². The lowest BCUT2D eigenvalue weighted by atomic mass is 9.86. The van der Waals surface area contributed by atoms with Crippen molar-refractivity contribution in [1.82, 2.24) is 4.31 Å². The number of para-hydroxylation sites is 2. The van der Waals surface area contributed by atoms with Gasteiger partial charge in [-0.3, -0.25) is 9.59 Å². The number of ether oxygens (including phenoxy) is 1. The minimum absolute atomic E-state index is 0.0703. The second-order valence-electron chi connectivity index (χ2n) is 9.29. The Morgan fingerprint density at radius 2 is 1.94 bits per heavy atom. The predicted molar refractivity (Wildman–Crippen MR) is 131 cm³/mol. The Kier molecular flexibility index (Phi) is 6.44. The van der Waals surface area contributed by atoms with E-state index in [1.54, 1.807) is 56.1 Å². The van der Waals surface area contributed by atoms with Gasteiger partial charge in [0, 0.05) is 25.8 Å². The van der Waals surface area contributed by atoms with Crippen molar-refractivity contribution < 1.29 is 22.7 Å².